The van der Waals surface area contributed by atoms with Crippen LogP contribution in [0.3, 0.4) is 0 Å². The molecule has 5 heteroatoms. The summed E-state index contributed by atoms with van der Waals surface area (Å²) in [5, 5.41) is 18.5. The molecule has 20 heavy (non-hydrogen) atoms. The van der Waals surface area contributed by atoms with Gasteiger partial charge in [0.1, 0.15) is 6.10 Å². The van der Waals surface area contributed by atoms with Crippen LogP contribution in [0.1, 0.15) is 34.6 Å². The first-order chi connectivity index (χ1) is 8.88. The van der Waals surface area contributed by atoms with Crippen LogP contribution in [0.2, 0.25) is 18.1 Å². The highest BCUT2D eigenvalue weighted by molar-refractivity contribution is 6.74. The van der Waals surface area contributed by atoms with Gasteiger partial charge in [0.25, 0.3) is 0 Å². The van der Waals surface area contributed by atoms with E-state index in [1.807, 2.05) is 0 Å². The summed E-state index contributed by atoms with van der Waals surface area (Å²) < 4.78 is 5.97. The van der Waals surface area contributed by atoms with Crippen molar-refractivity contribution in [3.05, 3.63) is 0 Å². The maximum absolute atomic E-state index is 11.8. The van der Waals surface area contributed by atoms with Crippen molar-refractivity contribution >= 4 is 14.1 Å². The molecule has 0 rings (SSSR count). The minimum absolute atomic E-state index is 0.101. The molecular weight excluding hydrogens is 272 g/mol. The standard InChI is InChI=1S/C15H28O4Si/c1-11(10-19-20(6,7)15(3,4)5)13(17)8-9-14(18)12(2)16/h11-12,14,16,18H,10H2,1-7H3/t11-,12+,14+/m0/s1. The van der Waals surface area contributed by atoms with Crippen molar-refractivity contribution in [3.63, 3.8) is 0 Å². The Balaban J connectivity index is 4.50. The molecule has 2 N–H and O–H groups in total. The molecule has 0 radical (unpaired) electrons. The maximum atomic E-state index is 11.8. The molecule has 0 amide bonds. The molecule has 0 saturated heterocycles. The second-order valence-corrected chi connectivity index (χ2v) is 11.6. The largest absolute Gasteiger partial charge is 0.416 e. The van der Waals surface area contributed by atoms with Crippen LogP contribution in [0, 0.1) is 17.8 Å². The van der Waals surface area contributed by atoms with Crippen molar-refractivity contribution in [1.29, 1.82) is 0 Å². The first-order valence-electron chi connectivity index (χ1n) is 6.94. The topological polar surface area (TPSA) is 66.8 Å². The van der Waals surface area contributed by atoms with Gasteiger partial charge in [-0.15, -0.1) is 0 Å². The van der Waals surface area contributed by atoms with E-state index in [1.54, 1.807) is 6.92 Å². The Morgan fingerprint density at radius 2 is 1.75 bits per heavy atom. The average molecular weight is 300 g/mol. The molecule has 0 fully saturated rings. The van der Waals surface area contributed by atoms with Gasteiger partial charge < -0.3 is 14.6 Å². The zero-order valence-corrected chi connectivity index (χ0v) is 14.7. The minimum atomic E-state index is -1.87. The zero-order chi connectivity index (χ0) is 16.1. The summed E-state index contributed by atoms with van der Waals surface area (Å²) in [5.41, 5.74) is 0. The fourth-order valence-electron chi connectivity index (χ4n) is 1.01. The summed E-state index contributed by atoms with van der Waals surface area (Å²) in [5.74, 6) is 4.12. The third kappa shape index (κ3) is 6.19. The Hall–Kier alpha value is -0.673. The van der Waals surface area contributed by atoms with Crippen LogP contribution in [-0.2, 0) is 9.22 Å². The van der Waals surface area contributed by atoms with Gasteiger partial charge in [0.05, 0.1) is 6.10 Å². The Bertz CT molecular complexity index is 385. The molecule has 0 heterocycles. The third-order valence-electron chi connectivity index (χ3n) is 3.75. The highest BCUT2D eigenvalue weighted by Crippen LogP contribution is 2.36. The van der Waals surface area contributed by atoms with Gasteiger partial charge in [0.2, 0.25) is 5.78 Å². The first kappa shape index (κ1) is 19.3. The van der Waals surface area contributed by atoms with E-state index in [0.717, 1.165) is 0 Å². The van der Waals surface area contributed by atoms with Gasteiger partial charge in [-0.2, -0.15) is 0 Å². The van der Waals surface area contributed by atoms with E-state index >= 15 is 0 Å². The Morgan fingerprint density at radius 1 is 1.25 bits per heavy atom. The summed E-state index contributed by atoms with van der Waals surface area (Å²) in [6.45, 7) is 14.2. The summed E-state index contributed by atoms with van der Waals surface area (Å²) in [6, 6.07) is 0. The second kappa shape index (κ2) is 7.37. The molecule has 0 aromatic rings. The molecule has 0 aromatic heterocycles. The van der Waals surface area contributed by atoms with Crippen LogP contribution >= 0.6 is 0 Å². The van der Waals surface area contributed by atoms with Crippen LogP contribution in [0.5, 0.6) is 0 Å². The number of aliphatic hydroxyl groups is 2. The SMILES string of the molecule is C[C@@H](CO[Si](C)(C)C(C)(C)C)C(=O)C#C[C@@H](O)[C@@H](C)O. The molecule has 0 spiro atoms. The van der Waals surface area contributed by atoms with Crippen LogP contribution in [0.4, 0.5) is 0 Å². The fraction of sp³-hybridized carbons (Fsp3) is 0.800. The highest BCUT2D eigenvalue weighted by atomic mass is 28.4. The molecule has 0 bridgehead atoms. The number of hydrogen-bond acceptors (Lipinski definition) is 4. The molecule has 0 saturated carbocycles. The molecular formula is C15H28O4Si. The smallest absolute Gasteiger partial charge is 0.210 e. The van der Waals surface area contributed by atoms with Gasteiger partial charge in [-0.3, -0.25) is 4.79 Å². The number of Topliss-reactive ketones (excluding diaryl/α,β-unsaturated/α-hetero) is 1. The lowest BCUT2D eigenvalue weighted by atomic mass is 10.1. The van der Waals surface area contributed by atoms with Gasteiger partial charge in [-0.05, 0) is 31.0 Å². The number of carbonyl (C=O) groups is 1. The van der Waals surface area contributed by atoms with E-state index in [1.165, 1.54) is 6.92 Å². The molecule has 0 aliphatic rings. The summed E-state index contributed by atoms with van der Waals surface area (Å²) >= 11 is 0. The van der Waals surface area contributed by atoms with Gasteiger partial charge in [-0.25, -0.2) is 0 Å². The quantitative estimate of drug-likeness (QED) is 0.463. The molecule has 116 valence electrons. The monoisotopic (exact) mass is 300 g/mol. The predicted octanol–water partition coefficient (Wildman–Crippen LogP) is 1.96. The van der Waals surface area contributed by atoms with Crippen LogP contribution < -0.4 is 0 Å². The fourth-order valence-corrected chi connectivity index (χ4v) is 2.11. The molecule has 0 aliphatic heterocycles. The number of carbonyl (C=O) groups excluding carboxylic acids is 1. The van der Waals surface area contributed by atoms with Crippen molar-refractivity contribution in [1.82, 2.24) is 0 Å². The summed E-state index contributed by atoms with van der Waals surface area (Å²) in [6.07, 6.45) is -2.15. The van der Waals surface area contributed by atoms with Gasteiger partial charge in [-0.1, -0.05) is 33.6 Å². The van der Waals surface area contributed by atoms with Crippen LogP contribution in [-0.4, -0.2) is 43.1 Å². The second-order valence-electron chi connectivity index (χ2n) is 6.79. The normalized spacial score (nSPS) is 16.9. The lowest BCUT2D eigenvalue weighted by molar-refractivity contribution is -0.117. The Kier molecular flexibility index (Phi) is 7.12. The maximum Gasteiger partial charge on any atom is 0.210 e. The molecule has 0 unspecified atom stereocenters. The number of rotatable bonds is 5. The van der Waals surface area contributed by atoms with Gasteiger partial charge in [0, 0.05) is 12.5 Å². The van der Waals surface area contributed by atoms with E-state index in [9.17, 15) is 9.90 Å². The van der Waals surface area contributed by atoms with Crippen LogP contribution in [0.15, 0.2) is 0 Å². The molecule has 3 atom stereocenters. The van der Waals surface area contributed by atoms with E-state index in [-0.39, 0.29) is 16.7 Å². The average Bonchev–Trinajstić information content (AvgIpc) is 2.30. The first-order valence-corrected chi connectivity index (χ1v) is 9.85. The van der Waals surface area contributed by atoms with E-state index in [0.29, 0.717) is 6.61 Å². The minimum Gasteiger partial charge on any atom is -0.416 e. The third-order valence-corrected chi connectivity index (χ3v) is 8.25. The van der Waals surface area contributed by atoms with Crippen molar-refractivity contribution in [2.75, 3.05) is 6.61 Å². The number of hydrogen-bond donors (Lipinski definition) is 2. The van der Waals surface area contributed by atoms with Crippen molar-refractivity contribution in [2.24, 2.45) is 5.92 Å². The van der Waals surface area contributed by atoms with Crippen molar-refractivity contribution < 1.29 is 19.4 Å². The Morgan fingerprint density at radius 3 is 2.15 bits per heavy atom. The lowest BCUT2D eigenvalue weighted by Gasteiger charge is -2.36. The number of aliphatic hydroxyl groups excluding tert-OH is 2. The van der Waals surface area contributed by atoms with E-state index in [2.05, 4.69) is 45.7 Å². The van der Waals surface area contributed by atoms with Gasteiger partial charge >= 0.3 is 0 Å². The Labute approximate surface area is 123 Å². The van der Waals surface area contributed by atoms with Gasteiger partial charge in [0.15, 0.2) is 8.32 Å². The molecule has 0 aliphatic carbocycles. The number of ketones is 1. The summed E-state index contributed by atoms with van der Waals surface area (Å²) in [4.78, 5) is 11.8. The van der Waals surface area contributed by atoms with E-state index < -0.39 is 20.5 Å². The van der Waals surface area contributed by atoms with Crippen LogP contribution in [0.25, 0.3) is 0 Å². The zero-order valence-electron chi connectivity index (χ0n) is 13.7. The van der Waals surface area contributed by atoms with E-state index in [4.69, 9.17) is 9.53 Å². The lowest BCUT2D eigenvalue weighted by Crippen LogP contribution is -2.42. The van der Waals surface area contributed by atoms with Crippen molar-refractivity contribution in [3.8, 4) is 11.8 Å². The van der Waals surface area contributed by atoms with Crippen molar-refractivity contribution in [2.45, 2.75) is 65.0 Å². The highest BCUT2D eigenvalue weighted by Gasteiger charge is 2.37. The summed E-state index contributed by atoms with van der Waals surface area (Å²) in [7, 11) is -1.87. The molecule has 4 nitrogen and oxygen atoms in total. The predicted molar refractivity (Wildman–Crippen MR) is 82.8 cm³/mol. The molecule has 0 aromatic carbocycles.